The van der Waals surface area contributed by atoms with E-state index < -0.39 is 11.0 Å². The largest absolute Gasteiger partial charge is 0.492 e. The van der Waals surface area contributed by atoms with Crippen LogP contribution in [-0.2, 0) is 6.42 Å². The number of benzene rings is 1. The van der Waals surface area contributed by atoms with Crippen LogP contribution < -0.4 is 4.74 Å². The molecule has 3 aliphatic rings. The molecule has 1 aromatic rings. The molecule has 0 bridgehead atoms. The van der Waals surface area contributed by atoms with Gasteiger partial charge < -0.3 is 9.84 Å². The maximum absolute atomic E-state index is 11.2. The number of rotatable bonds is 2. The Morgan fingerprint density at radius 2 is 2.14 bits per heavy atom. The first-order valence-electron chi connectivity index (χ1n) is 7.74. The fraction of sp³-hybridized carbons (Fsp3) is 0.588. The van der Waals surface area contributed by atoms with Crippen LogP contribution in [0, 0.1) is 16.7 Å². The number of aliphatic hydroxyl groups is 1. The molecule has 4 nitrogen and oxygen atoms in total. The average Bonchev–Trinajstić information content (AvgIpc) is 3.29. The number of nitriles is 1. The van der Waals surface area contributed by atoms with Gasteiger partial charge in [-0.05, 0) is 30.9 Å². The second-order valence-corrected chi connectivity index (χ2v) is 6.75. The van der Waals surface area contributed by atoms with Crippen molar-refractivity contribution in [3.05, 3.63) is 29.8 Å². The SMILES string of the molecule is N#CC1(C2(O)CCN(C3CC3)C2)COc2ccccc2C1. The number of ether oxygens (including phenoxy) is 1. The maximum Gasteiger partial charge on any atom is 0.125 e. The Bertz CT molecular complexity index is 607. The van der Waals surface area contributed by atoms with Gasteiger partial charge >= 0.3 is 0 Å². The lowest BCUT2D eigenvalue weighted by atomic mass is 9.68. The van der Waals surface area contributed by atoms with Crippen molar-refractivity contribution >= 4 is 0 Å². The molecule has 1 aliphatic carbocycles. The highest BCUT2D eigenvalue weighted by Crippen LogP contribution is 2.47. The molecule has 2 atom stereocenters. The maximum atomic E-state index is 11.2. The van der Waals surface area contributed by atoms with Gasteiger partial charge in [0.05, 0.1) is 6.07 Å². The second kappa shape index (κ2) is 4.46. The van der Waals surface area contributed by atoms with E-state index in [1.165, 1.54) is 12.8 Å². The lowest BCUT2D eigenvalue weighted by Crippen LogP contribution is -2.55. The topological polar surface area (TPSA) is 56.5 Å². The molecule has 2 unspecified atom stereocenters. The van der Waals surface area contributed by atoms with Gasteiger partial charge in [0.15, 0.2) is 0 Å². The zero-order valence-corrected chi connectivity index (χ0v) is 12.1. The Morgan fingerprint density at radius 3 is 2.90 bits per heavy atom. The van der Waals surface area contributed by atoms with E-state index in [0.29, 0.717) is 25.4 Å². The summed E-state index contributed by atoms with van der Waals surface area (Å²) in [4.78, 5) is 2.35. The van der Waals surface area contributed by atoms with Crippen LogP contribution in [0.25, 0.3) is 0 Å². The fourth-order valence-corrected chi connectivity index (χ4v) is 3.81. The van der Waals surface area contributed by atoms with Gasteiger partial charge in [-0.15, -0.1) is 0 Å². The van der Waals surface area contributed by atoms with Crippen LogP contribution in [-0.4, -0.2) is 41.3 Å². The number of hydrogen-bond donors (Lipinski definition) is 1. The molecule has 110 valence electrons. The number of fused-ring (bicyclic) bond motifs is 1. The van der Waals surface area contributed by atoms with Crippen molar-refractivity contribution in [1.82, 2.24) is 4.90 Å². The van der Waals surface area contributed by atoms with Crippen LogP contribution in [0.5, 0.6) is 5.75 Å². The third-order valence-electron chi connectivity index (χ3n) is 5.38. The van der Waals surface area contributed by atoms with Crippen LogP contribution in [0.2, 0.25) is 0 Å². The van der Waals surface area contributed by atoms with Crippen LogP contribution in [0.1, 0.15) is 24.8 Å². The molecule has 1 N–H and O–H groups in total. The first-order valence-corrected chi connectivity index (χ1v) is 7.74. The van der Waals surface area contributed by atoms with Crippen molar-refractivity contribution in [1.29, 1.82) is 5.26 Å². The van der Waals surface area contributed by atoms with E-state index in [-0.39, 0.29) is 6.61 Å². The molecule has 0 radical (unpaired) electrons. The number of para-hydroxylation sites is 1. The average molecular weight is 284 g/mol. The summed E-state index contributed by atoms with van der Waals surface area (Å²) in [6.45, 7) is 1.79. The van der Waals surface area contributed by atoms with E-state index in [9.17, 15) is 10.4 Å². The predicted molar refractivity (Wildman–Crippen MR) is 77.8 cm³/mol. The highest BCUT2D eigenvalue weighted by Gasteiger charge is 2.57. The Labute approximate surface area is 124 Å². The van der Waals surface area contributed by atoms with Gasteiger partial charge in [0.25, 0.3) is 0 Å². The molecule has 1 aromatic carbocycles. The number of likely N-dealkylation sites (tertiary alicyclic amines) is 1. The molecule has 2 aliphatic heterocycles. The van der Waals surface area contributed by atoms with Gasteiger partial charge in [-0.1, -0.05) is 18.2 Å². The van der Waals surface area contributed by atoms with Crippen LogP contribution in [0.15, 0.2) is 24.3 Å². The molecule has 1 saturated heterocycles. The lowest BCUT2D eigenvalue weighted by Gasteiger charge is -2.42. The van der Waals surface area contributed by atoms with E-state index in [2.05, 4.69) is 11.0 Å². The summed E-state index contributed by atoms with van der Waals surface area (Å²) in [6, 6.07) is 10.9. The van der Waals surface area contributed by atoms with E-state index >= 15 is 0 Å². The zero-order valence-electron chi connectivity index (χ0n) is 12.1. The minimum Gasteiger partial charge on any atom is -0.492 e. The van der Waals surface area contributed by atoms with Crippen LogP contribution in [0.3, 0.4) is 0 Å². The van der Waals surface area contributed by atoms with Crippen LogP contribution >= 0.6 is 0 Å². The molecule has 4 rings (SSSR count). The molecule has 2 heterocycles. The number of nitrogens with zero attached hydrogens (tertiary/aromatic N) is 2. The lowest BCUT2D eigenvalue weighted by molar-refractivity contribution is -0.0719. The molecule has 1 saturated carbocycles. The Morgan fingerprint density at radius 1 is 1.33 bits per heavy atom. The Hall–Kier alpha value is -1.57. The van der Waals surface area contributed by atoms with Gasteiger partial charge in [-0.25, -0.2) is 0 Å². The van der Waals surface area contributed by atoms with Crippen molar-refractivity contribution in [3.8, 4) is 11.8 Å². The summed E-state index contributed by atoms with van der Waals surface area (Å²) in [7, 11) is 0. The highest BCUT2D eigenvalue weighted by molar-refractivity contribution is 5.39. The van der Waals surface area contributed by atoms with Gasteiger partial charge in [-0.3, -0.25) is 4.90 Å². The summed E-state index contributed by atoms with van der Waals surface area (Å²) in [5.74, 6) is 0.851. The predicted octanol–water partition coefficient (Wildman–Crippen LogP) is 1.73. The van der Waals surface area contributed by atoms with Gasteiger partial charge in [-0.2, -0.15) is 5.26 Å². The minimum absolute atomic E-state index is 0.287. The van der Waals surface area contributed by atoms with E-state index in [4.69, 9.17) is 4.74 Å². The summed E-state index contributed by atoms with van der Waals surface area (Å²) in [5.41, 5.74) is -0.758. The second-order valence-electron chi connectivity index (χ2n) is 6.75. The molecule has 21 heavy (non-hydrogen) atoms. The first kappa shape index (κ1) is 13.1. The van der Waals surface area contributed by atoms with Gasteiger partial charge in [0.1, 0.15) is 23.4 Å². The van der Waals surface area contributed by atoms with Crippen LogP contribution in [0.4, 0.5) is 0 Å². The van der Waals surface area contributed by atoms with Crippen molar-refractivity contribution in [3.63, 3.8) is 0 Å². The van der Waals surface area contributed by atoms with Gasteiger partial charge in [0, 0.05) is 25.6 Å². The van der Waals surface area contributed by atoms with Crippen molar-refractivity contribution in [2.24, 2.45) is 5.41 Å². The smallest absolute Gasteiger partial charge is 0.125 e. The molecular weight excluding hydrogens is 264 g/mol. The first-order chi connectivity index (χ1) is 10.2. The van der Waals surface area contributed by atoms with Crippen molar-refractivity contribution < 1.29 is 9.84 Å². The Kier molecular flexibility index (Phi) is 2.79. The molecule has 0 amide bonds. The van der Waals surface area contributed by atoms with Gasteiger partial charge in [0.2, 0.25) is 0 Å². The fourth-order valence-electron chi connectivity index (χ4n) is 3.81. The molecule has 0 spiro atoms. The molecule has 2 fully saturated rings. The molecular formula is C17H20N2O2. The highest BCUT2D eigenvalue weighted by atomic mass is 16.5. The summed E-state index contributed by atoms with van der Waals surface area (Å²) >= 11 is 0. The third kappa shape index (κ3) is 1.96. The summed E-state index contributed by atoms with van der Waals surface area (Å²) in [5, 5.41) is 21.0. The number of β-amino-alcohol motifs (C(OH)–C–C–N with tert-alkyl or cyclic N) is 1. The van der Waals surface area contributed by atoms with E-state index in [1.54, 1.807) is 0 Å². The van der Waals surface area contributed by atoms with Crippen molar-refractivity contribution in [2.75, 3.05) is 19.7 Å². The third-order valence-corrected chi connectivity index (χ3v) is 5.38. The zero-order chi connectivity index (χ0) is 14.5. The van der Waals surface area contributed by atoms with E-state index in [1.807, 2.05) is 24.3 Å². The minimum atomic E-state index is -0.960. The monoisotopic (exact) mass is 284 g/mol. The molecule has 4 heteroatoms. The quantitative estimate of drug-likeness (QED) is 0.898. The summed E-state index contributed by atoms with van der Waals surface area (Å²) < 4.78 is 5.82. The number of hydrogen-bond acceptors (Lipinski definition) is 4. The normalized spacial score (nSPS) is 35.8. The standard InChI is InChI=1S/C17H20N2O2/c18-10-16(9-13-3-1-2-4-15(13)21-12-16)17(20)7-8-19(11-17)14-5-6-14/h1-4,14,20H,5-9,11-12H2. The Balaban J connectivity index is 1.64. The summed E-state index contributed by atoms with van der Waals surface area (Å²) in [6.07, 6.45) is 3.71. The van der Waals surface area contributed by atoms with Crippen molar-refractivity contribution in [2.45, 2.75) is 37.3 Å². The van der Waals surface area contributed by atoms with E-state index in [0.717, 1.165) is 17.9 Å². The molecule has 0 aromatic heterocycles.